The zero-order valence-corrected chi connectivity index (χ0v) is 11.0. The Kier molecular flexibility index (Phi) is 4.09. The fourth-order valence-electron chi connectivity index (χ4n) is 1.57. The average Bonchev–Trinajstić information content (AvgIpc) is 2.37. The number of rotatable bonds is 3. The van der Waals surface area contributed by atoms with Crippen LogP contribution in [-0.4, -0.2) is 0 Å². The Morgan fingerprint density at radius 1 is 1.11 bits per heavy atom. The third kappa shape index (κ3) is 3.16. The van der Waals surface area contributed by atoms with E-state index in [-0.39, 0.29) is 0 Å². The molecule has 2 nitrogen and oxygen atoms in total. The van der Waals surface area contributed by atoms with Crippen LogP contribution in [0.25, 0.3) is 0 Å². The molecule has 0 saturated heterocycles. The molecule has 0 spiro atoms. The Labute approximate surface area is 116 Å². The Hall–Kier alpha value is -1.69. The van der Waals surface area contributed by atoms with Gasteiger partial charge in [-0.1, -0.05) is 35.3 Å². The van der Waals surface area contributed by atoms with E-state index in [0.29, 0.717) is 22.2 Å². The van der Waals surface area contributed by atoms with Crippen molar-refractivity contribution in [3.8, 4) is 6.07 Å². The van der Waals surface area contributed by atoms with E-state index >= 15 is 0 Å². The number of benzene rings is 2. The lowest BCUT2D eigenvalue weighted by Crippen LogP contribution is -1.99. The fraction of sp³-hybridized carbons (Fsp3) is 0.0714. The minimum atomic E-state index is 0.538. The van der Waals surface area contributed by atoms with Crippen LogP contribution in [0, 0.1) is 11.3 Å². The first-order valence-electron chi connectivity index (χ1n) is 5.37. The van der Waals surface area contributed by atoms with Gasteiger partial charge < -0.3 is 5.32 Å². The molecule has 0 bridgehead atoms. The molecule has 2 aromatic carbocycles. The summed E-state index contributed by atoms with van der Waals surface area (Å²) in [7, 11) is 0. The van der Waals surface area contributed by atoms with Crippen LogP contribution in [0.3, 0.4) is 0 Å². The smallest absolute Gasteiger partial charge is 0.0992 e. The molecule has 0 amide bonds. The first-order valence-corrected chi connectivity index (χ1v) is 6.12. The molecule has 0 aliphatic carbocycles. The summed E-state index contributed by atoms with van der Waals surface area (Å²) in [4.78, 5) is 0. The summed E-state index contributed by atoms with van der Waals surface area (Å²) in [5.74, 6) is 0. The van der Waals surface area contributed by atoms with Gasteiger partial charge in [0.25, 0.3) is 0 Å². The van der Waals surface area contributed by atoms with Crippen molar-refractivity contribution in [2.75, 3.05) is 5.32 Å². The maximum absolute atomic E-state index is 8.75. The summed E-state index contributed by atoms with van der Waals surface area (Å²) in [5.41, 5.74) is 2.42. The molecule has 2 aromatic rings. The number of hydrogen-bond donors (Lipinski definition) is 1. The Balaban J connectivity index is 2.09. The van der Waals surface area contributed by atoms with Crippen molar-refractivity contribution in [2.45, 2.75) is 6.54 Å². The van der Waals surface area contributed by atoms with E-state index in [0.717, 1.165) is 11.3 Å². The van der Waals surface area contributed by atoms with E-state index in [1.54, 1.807) is 18.2 Å². The number of anilines is 1. The number of hydrogen-bond acceptors (Lipinski definition) is 2. The SMILES string of the molecule is N#Cc1ccc(NCc2cccc(Cl)c2)c(Cl)c1. The van der Waals surface area contributed by atoms with Gasteiger partial charge in [0.15, 0.2) is 0 Å². The molecule has 4 heteroatoms. The highest BCUT2D eigenvalue weighted by Crippen LogP contribution is 2.23. The van der Waals surface area contributed by atoms with Crippen molar-refractivity contribution >= 4 is 28.9 Å². The molecule has 0 saturated carbocycles. The lowest BCUT2D eigenvalue weighted by molar-refractivity contribution is 1.15. The number of nitrogens with one attached hydrogen (secondary N) is 1. The van der Waals surface area contributed by atoms with Crippen LogP contribution in [0.2, 0.25) is 10.0 Å². The van der Waals surface area contributed by atoms with Crippen LogP contribution in [0.1, 0.15) is 11.1 Å². The molecular weight excluding hydrogens is 267 g/mol. The van der Waals surface area contributed by atoms with E-state index in [9.17, 15) is 0 Å². The van der Waals surface area contributed by atoms with Gasteiger partial charge in [0.2, 0.25) is 0 Å². The molecule has 0 heterocycles. The zero-order valence-electron chi connectivity index (χ0n) is 9.45. The maximum Gasteiger partial charge on any atom is 0.0992 e. The molecule has 18 heavy (non-hydrogen) atoms. The predicted molar refractivity (Wildman–Crippen MR) is 74.9 cm³/mol. The van der Waals surface area contributed by atoms with Crippen LogP contribution in [0.4, 0.5) is 5.69 Å². The van der Waals surface area contributed by atoms with Gasteiger partial charge in [-0.05, 0) is 35.9 Å². The van der Waals surface area contributed by atoms with Crippen molar-refractivity contribution in [1.82, 2.24) is 0 Å². The van der Waals surface area contributed by atoms with Gasteiger partial charge in [-0.25, -0.2) is 0 Å². The lowest BCUT2D eigenvalue weighted by Gasteiger charge is -2.08. The second-order valence-electron chi connectivity index (χ2n) is 3.79. The number of nitrogens with zero attached hydrogens (tertiary/aromatic N) is 1. The van der Waals surface area contributed by atoms with E-state index in [1.807, 2.05) is 30.3 Å². The second kappa shape index (κ2) is 5.77. The summed E-state index contributed by atoms with van der Waals surface area (Å²) in [6, 6.07) is 14.8. The highest BCUT2D eigenvalue weighted by Gasteiger charge is 2.01. The van der Waals surface area contributed by atoms with Crippen LogP contribution in [0.5, 0.6) is 0 Å². The van der Waals surface area contributed by atoms with Gasteiger partial charge in [-0.15, -0.1) is 0 Å². The van der Waals surface area contributed by atoms with Crippen molar-refractivity contribution < 1.29 is 0 Å². The number of nitriles is 1. The van der Waals surface area contributed by atoms with Gasteiger partial charge >= 0.3 is 0 Å². The van der Waals surface area contributed by atoms with E-state index < -0.39 is 0 Å². The Morgan fingerprint density at radius 2 is 1.94 bits per heavy atom. The van der Waals surface area contributed by atoms with Gasteiger partial charge in [0.05, 0.1) is 22.3 Å². The molecule has 0 atom stereocenters. The normalized spacial score (nSPS) is 9.83. The lowest BCUT2D eigenvalue weighted by atomic mass is 10.2. The molecule has 0 radical (unpaired) electrons. The van der Waals surface area contributed by atoms with E-state index in [2.05, 4.69) is 5.32 Å². The van der Waals surface area contributed by atoms with Crippen molar-refractivity contribution in [3.05, 3.63) is 63.6 Å². The zero-order chi connectivity index (χ0) is 13.0. The molecule has 90 valence electrons. The molecule has 0 aliphatic heterocycles. The summed E-state index contributed by atoms with van der Waals surface area (Å²) in [6.45, 7) is 0.631. The summed E-state index contributed by atoms with van der Waals surface area (Å²) < 4.78 is 0. The van der Waals surface area contributed by atoms with Gasteiger partial charge in [0, 0.05) is 11.6 Å². The van der Waals surface area contributed by atoms with Crippen molar-refractivity contribution in [2.24, 2.45) is 0 Å². The summed E-state index contributed by atoms with van der Waals surface area (Å²) in [6.07, 6.45) is 0. The molecule has 0 unspecified atom stereocenters. The molecule has 1 N–H and O–H groups in total. The van der Waals surface area contributed by atoms with Crippen molar-refractivity contribution in [3.63, 3.8) is 0 Å². The molecule has 2 rings (SSSR count). The fourth-order valence-corrected chi connectivity index (χ4v) is 2.03. The third-order valence-electron chi connectivity index (χ3n) is 2.47. The highest BCUT2D eigenvalue weighted by atomic mass is 35.5. The van der Waals surface area contributed by atoms with Crippen LogP contribution >= 0.6 is 23.2 Å². The number of halogens is 2. The largest absolute Gasteiger partial charge is 0.380 e. The third-order valence-corrected chi connectivity index (χ3v) is 3.02. The summed E-state index contributed by atoms with van der Waals surface area (Å²) >= 11 is 12.0. The first-order chi connectivity index (χ1) is 8.69. The van der Waals surface area contributed by atoms with E-state index in [1.165, 1.54) is 0 Å². The Bertz CT molecular complexity index is 603. The monoisotopic (exact) mass is 276 g/mol. The second-order valence-corrected chi connectivity index (χ2v) is 4.63. The molecule has 0 fully saturated rings. The Morgan fingerprint density at radius 3 is 2.61 bits per heavy atom. The molecule has 0 aromatic heterocycles. The first kappa shape index (κ1) is 12.8. The van der Waals surface area contributed by atoms with E-state index in [4.69, 9.17) is 28.5 Å². The van der Waals surface area contributed by atoms with Crippen LogP contribution in [0.15, 0.2) is 42.5 Å². The summed E-state index contributed by atoms with van der Waals surface area (Å²) in [5, 5.41) is 13.2. The topological polar surface area (TPSA) is 35.8 Å². The van der Waals surface area contributed by atoms with Crippen molar-refractivity contribution in [1.29, 1.82) is 5.26 Å². The van der Waals surface area contributed by atoms with Crippen LogP contribution in [-0.2, 0) is 6.54 Å². The quantitative estimate of drug-likeness (QED) is 0.898. The van der Waals surface area contributed by atoms with Gasteiger partial charge in [-0.3, -0.25) is 0 Å². The standard InChI is InChI=1S/C14H10Cl2N2/c15-12-3-1-2-11(6-12)9-18-14-5-4-10(8-17)7-13(14)16/h1-7,18H,9H2. The predicted octanol–water partition coefficient (Wildman–Crippen LogP) is 4.48. The molecule has 0 aliphatic rings. The highest BCUT2D eigenvalue weighted by molar-refractivity contribution is 6.33. The van der Waals surface area contributed by atoms with Gasteiger partial charge in [-0.2, -0.15) is 5.26 Å². The van der Waals surface area contributed by atoms with Crippen LogP contribution < -0.4 is 5.32 Å². The molecular formula is C14H10Cl2N2. The minimum Gasteiger partial charge on any atom is -0.380 e. The van der Waals surface area contributed by atoms with Gasteiger partial charge in [0.1, 0.15) is 0 Å². The maximum atomic E-state index is 8.75. The minimum absolute atomic E-state index is 0.538. The average molecular weight is 277 g/mol.